The van der Waals surface area contributed by atoms with Crippen LogP contribution >= 0.6 is 0 Å². The Morgan fingerprint density at radius 1 is 1.07 bits per heavy atom. The Balaban J connectivity index is 2.45. The van der Waals surface area contributed by atoms with Crippen LogP contribution in [0, 0.1) is 6.92 Å². The van der Waals surface area contributed by atoms with E-state index in [9.17, 15) is 0 Å². The van der Waals surface area contributed by atoms with E-state index in [2.05, 4.69) is 50.2 Å². The quantitative estimate of drug-likeness (QED) is 0.729. The lowest BCUT2D eigenvalue weighted by Crippen LogP contribution is -1.97. The van der Waals surface area contributed by atoms with Crippen LogP contribution in [0.1, 0.15) is 18.9 Å². The lowest BCUT2D eigenvalue weighted by atomic mass is 10.0. The summed E-state index contributed by atoms with van der Waals surface area (Å²) in [6.07, 6.45) is 1.05. The third kappa shape index (κ3) is 1.96. The monoisotopic (exact) mass is 200 g/mol. The maximum atomic E-state index is 5.69. The fourth-order valence-corrected chi connectivity index (χ4v) is 1.78. The van der Waals surface area contributed by atoms with Crippen molar-refractivity contribution in [2.24, 2.45) is 0 Å². The smallest absolute Gasteiger partial charge is 0.122 e. The SMILES string of the molecule is CCCOc1ccc2ccccc2c1C. The molecule has 0 unspecified atom stereocenters. The van der Waals surface area contributed by atoms with Gasteiger partial charge in [-0.3, -0.25) is 0 Å². The number of ether oxygens (including phenoxy) is 1. The van der Waals surface area contributed by atoms with Gasteiger partial charge in [0.05, 0.1) is 6.61 Å². The lowest BCUT2D eigenvalue weighted by Gasteiger charge is -2.10. The molecule has 0 spiro atoms. The summed E-state index contributed by atoms with van der Waals surface area (Å²) in [6.45, 7) is 5.03. The molecular formula is C14H16O. The Morgan fingerprint density at radius 2 is 1.87 bits per heavy atom. The fourth-order valence-electron chi connectivity index (χ4n) is 1.78. The molecule has 0 bridgehead atoms. The highest BCUT2D eigenvalue weighted by Gasteiger charge is 2.03. The molecule has 0 radical (unpaired) electrons. The second-order valence-electron chi connectivity index (χ2n) is 3.76. The number of hydrogen-bond donors (Lipinski definition) is 0. The first kappa shape index (κ1) is 10.0. The van der Waals surface area contributed by atoms with Crippen molar-refractivity contribution >= 4 is 10.8 Å². The Kier molecular flexibility index (Phi) is 2.91. The van der Waals surface area contributed by atoms with E-state index in [1.54, 1.807) is 0 Å². The van der Waals surface area contributed by atoms with E-state index in [0.717, 1.165) is 18.8 Å². The van der Waals surface area contributed by atoms with Gasteiger partial charge >= 0.3 is 0 Å². The lowest BCUT2D eigenvalue weighted by molar-refractivity contribution is 0.316. The van der Waals surface area contributed by atoms with E-state index in [-0.39, 0.29) is 0 Å². The maximum absolute atomic E-state index is 5.69. The highest BCUT2D eigenvalue weighted by molar-refractivity contribution is 5.87. The van der Waals surface area contributed by atoms with Crippen LogP contribution in [0.4, 0.5) is 0 Å². The molecule has 0 saturated carbocycles. The standard InChI is InChI=1S/C14H16O/c1-3-10-15-14-9-8-12-6-4-5-7-13(12)11(14)2/h4-9H,3,10H2,1-2H3. The summed E-state index contributed by atoms with van der Waals surface area (Å²) in [5.74, 6) is 1.01. The van der Waals surface area contributed by atoms with Crippen molar-refractivity contribution in [2.75, 3.05) is 6.61 Å². The third-order valence-corrected chi connectivity index (χ3v) is 2.61. The minimum Gasteiger partial charge on any atom is -0.493 e. The summed E-state index contributed by atoms with van der Waals surface area (Å²) < 4.78 is 5.69. The zero-order valence-electron chi connectivity index (χ0n) is 9.29. The molecule has 0 aromatic heterocycles. The molecule has 0 aliphatic heterocycles. The molecule has 0 heterocycles. The predicted molar refractivity (Wildman–Crippen MR) is 64.5 cm³/mol. The Morgan fingerprint density at radius 3 is 2.67 bits per heavy atom. The molecule has 0 fully saturated rings. The zero-order valence-corrected chi connectivity index (χ0v) is 9.29. The van der Waals surface area contributed by atoms with E-state index >= 15 is 0 Å². The number of fused-ring (bicyclic) bond motifs is 1. The maximum Gasteiger partial charge on any atom is 0.122 e. The van der Waals surface area contributed by atoms with Gasteiger partial charge in [-0.2, -0.15) is 0 Å². The average Bonchev–Trinajstić information content (AvgIpc) is 2.29. The molecule has 0 aliphatic carbocycles. The van der Waals surface area contributed by atoms with Crippen molar-refractivity contribution in [1.82, 2.24) is 0 Å². The number of hydrogen-bond acceptors (Lipinski definition) is 1. The van der Waals surface area contributed by atoms with Gasteiger partial charge in [-0.05, 0) is 35.7 Å². The molecular weight excluding hydrogens is 184 g/mol. The fraction of sp³-hybridized carbons (Fsp3) is 0.286. The van der Waals surface area contributed by atoms with E-state index in [1.807, 2.05) is 0 Å². The van der Waals surface area contributed by atoms with Gasteiger partial charge in [-0.15, -0.1) is 0 Å². The zero-order chi connectivity index (χ0) is 10.7. The number of aryl methyl sites for hydroxylation is 1. The van der Waals surface area contributed by atoms with Crippen molar-refractivity contribution in [1.29, 1.82) is 0 Å². The third-order valence-electron chi connectivity index (χ3n) is 2.61. The van der Waals surface area contributed by atoms with Crippen molar-refractivity contribution in [3.63, 3.8) is 0 Å². The molecule has 0 saturated heterocycles. The minimum atomic E-state index is 0.791. The van der Waals surface area contributed by atoms with E-state index in [0.29, 0.717) is 0 Å². The molecule has 0 N–H and O–H groups in total. The van der Waals surface area contributed by atoms with Gasteiger partial charge < -0.3 is 4.74 Å². The Hall–Kier alpha value is -1.50. The van der Waals surface area contributed by atoms with E-state index in [4.69, 9.17) is 4.74 Å². The van der Waals surface area contributed by atoms with Crippen molar-refractivity contribution in [2.45, 2.75) is 20.3 Å². The summed E-state index contributed by atoms with van der Waals surface area (Å²) in [6, 6.07) is 12.6. The van der Waals surface area contributed by atoms with Gasteiger partial charge in [0.2, 0.25) is 0 Å². The van der Waals surface area contributed by atoms with Gasteiger partial charge in [0.25, 0.3) is 0 Å². The van der Waals surface area contributed by atoms with Crippen LogP contribution in [0.25, 0.3) is 10.8 Å². The summed E-state index contributed by atoms with van der Waals surface area (Å²) in [5.41, 5.74) is 1.24. The van der Waals surface area contributed by atoms with Gasteiger partial charge in [0.15, 0.2) is 0 Å². The van der Waals surface area contributed by atoms with E-state index < -0.39 is 0 Å². The molecule has 2 aromatic rings. The first-order valence-electron chi connectivity index (χ1n) is 5.44. The van der Waals surface area contributed by atoms with Crippen LogP contribution in [0.3, 0.4) is 0 Å². The van der Waals surface area contributed by atoms with Crippen molar-refractivity contribution < 1.29 is 4.74 Å². The highest BCUT2D eigenvalue weighted by atomic mass is 16.5. The summed E-state index contributed by atoms with van der Waals surface area (Å²) in [5, 5.41) is 2.56. The molecule has 2 rings (SSSR count). The van der Waals surface area contributed by atoms with Gasteiger partial charge in [-0.1, -0.05) is 37.3 Å². The second-order valence-corrected chi connectivity index (χ2v) is 3.76. The highest BCUT2D eigenvalue weighted by Crippen LogP contribution is 2.26. The first-order chi connectivity index (χ1) is 7.33. The number of rotatable bonds is 3. The molecule has 2 aromatic carbocycles. The molecule has 78 valence electrons. The normalized spacial score (nSPS) is 10.5. The van der Waals surface area contributed by atoms with Crippen LogP contribution in [0.15, 0.2) is 36.4 Å². The summed E-state index contributed by atoms with van der Waals surface area (Å²) in [7, 11) is 0. The molecule has 1 nitrogen and oxygen atoms in total. The average molecular weight is 200 g/mol. The topological polar surface area (TPSA) is 9.23 Å². The minimum absolute atomic E-state index is 0.791. The molecule has 0 amide bonds. The second kappa shape index (κ2) is 4.35. The van der Waals surface area contributed by atoms with Crippen LogP contribution in [-0.2, 0) is 0 Å². The van der Waals surface area contributed by atoms with Crippen LogP contribution < -0.4 is 4.74 Å². The van der Waals surface area contributed by atoms with Gasteiger partial charge in [-0.25, -0.2) is 0 Å². The van der Waals surface area contributed by atoms with Gasteiger partial charge in [0, 0.05) is 0 Å². The molecule has 0 atom stereocenters. The molecule has 15 heavy (non-hydrogen) atoms. The van der Waals surface area contributed by atoms with Gasteiger partial charge in [0.1, 0.15) is 5.75 Å². The van der Waals surface area contributed by atoms with Crippen molar-refractivity contribution in [3.05, 3.63) is 42.0 Å². The predicted octanol–water partition coefficient (Wildman–Crippen LogP) is 3.94. The summed E-state index contributed by atoms with van der Waals surface area (Å²) in [4.78, 5) is 0. The number of benzene rings is 2. The van der Waals surface area contributed by atoms with Crippen LogP contribution in [0.5, 0.6) is 5.75 Å². The van der Waals surface area contributed by atoms with Crippen molar-refractivity contribution in [3.8, 4) is 5.75 Å². The van der Waals surface area contributed by atoms with Crippen LogP contribution in [0.2, 0.25) is 0 Å². The summed E-state index contributed by atoms with van der Waals surface area (Å²) >= 11 is 0. The van der Waals surface area contributed by atoms with Crippen LogP contribution in [-0.4, -0.2) is 6.61 Å². The Bertz CT molecular complexity index is 460. The molecule has 0 aliphatic rings. The largest absolute Gasteiger partial charge is 0.493 e. The van der Waals surface area contributed by atoms with E-state index in [1.165, 1.54) is 16.3 Å². The Labute approximate surface area is 90.7 Å². The first-order valence-corrected chi connectivity index (χ1v) is 5.44. The molecule has 1 heteroatoms.